The Labute approximate surface area is 185 Å². The molecule has 1 aromatic heterocycles. The van der Waals surface area contributed by atoms with Crippen LogP contribution in [0.15, 0.2) is 48.5 Å². The minimum absolute atomic E-state index is 0.0140. The van der Waals surface area contributed by atoms with Crippen molar-refractivity contribution in [1.29, 1.82) is 0 Å². The molecule has 3 rings (SSSR count). The highest BCUT2D eigenvalue weighted by Gasteiger charge is 2.31. The first-order valence-corrected chi connectivity index (χ1v) is 9.77. The lowest BCUT2D eigenvalue weighted by Gasteiger charge is -2.15. The SMILES string of the molecule is CC[C@H](C)Nc1nc(Nc2ccc(F)c([N+](=O)[O-])c2)cc(-c2cccc(OC(F)(F)F)c2)n1. The predicted octanol–water partition coefficient (Wildman–Crippen LogP) is 6.04. The molecular weight excluding hydrogens is 446 g/mol. The Morgan fingerprint density at radius 3 is 2.58 bits per heavy atom. The van der Waals surface area contributed by atoms with Gasteiger partial charge in [-0.2, -0.15) is 9.37 Å². The summed E-state index contributed by atoms with van der Waals surface area (Å²) in [7, 11) is 0. The number of alkyl halides is 3. The second kappa shape index (κ2) is 9.67. The zero-order chi connectivity index (χ0) is 24.2. The third kappa shape index (κ3) is 6.51. The predicted molar refractivity (Wildman–Crippen MR) is 114 cm³/mol. The lowest BCUT2D eigenvalue weighted by atomic mass is 10.1. The molecule has 2 aromatic carbocycles. The van der Waals surface area contributed by atoms with Gasteiger partial charge in [-0.15, -0.1) is 13.2 Å². The average Bonchev–Trinajstić information content (AvgIpc) is 2.73. The van der Waals surface area contributed by atoms with E-state index in [-0.39, 0.29) is 29.2 Å². The molecule has 0 aliphatic heterocycles. The van der Waals surface area contributed by atoms with E-state index < -0.39 is 28.5 Å². The number of anilines is 3. The van der Waals surface area contributed by atoms with Crippen LogP contribution in [0.25, 0.3) is 11.3 Å². The molecular formula is C21H19F4N5O3. The highest BCUT2D eigenvalue weighted by atomic mass is 19.4. The summed E-state index contributed by atoms with van der Waals surface area (Å²) in [5.74, 6) is -1.04. The molecule has 8 nitrogen and oxygen atoms in total. The molecule has 3 aromatic rings. The summed E-state index contributed by atoms with van der Waals surface area (Å²) in [6.45, 7) is 3.83. The molecule has 0 spiro atoms. The second-order valence-electron chi connectivity index (χ2n) is 7.04. The van der Waals surface area contributed by atoms with Gasteiger partial charge in [0.25, 0.3) is 0 Å². The van der Waals surface area contributed by atoms with Gasteiger partial charge in [-0.05, 0) is 37.6 Å². The first-order chi connectivity index (χ1) is 15.5. The van der Waals surface area contributed by atoms with E-state index in [1.165, 1.54) is 24.3 Å². The first-order valence-electron chi connectivity index (χ1n) is 9.77. The number of rotatable bonds is 8. The van der Waals surface area contributed by atoms with Crippen LogP contribution in [-0.2, 0) is 0 Å². The van der Waals surface area contributed by atoms with E-state index >= 15 is 0 Å². The number of nitro groups is 1. The van der Waals surface area contributed by atoms with Crippen molar-refractivity contribution in [2.75, 3.05) is 10.6 Å². The smallest absolute Gasteiger partial charge is 0.406 e. The van der Waals surface area contributed by atoms with Crippen molar-refractivity contribution in [2.24, 2.45) is 0 Å². The Balaban J connectivity index is 2.01. The van der Waals surface area contributed by atoms with Crippen LogP contribution < -0.4 is 15.4 Å². The van der Waals surface area contributed by atoms with Crippen LogP contribution in [0, 0.1) is 15.9 Å². The van der Waals surface area contributed by atoms with Gasteiger partial charge in [0, 0.05) is 29.4 Å². The van der Waals surface area contributed by atoms with Crippen molar-refractivity contribution < 1.29 is 27.2 Å². The van der Waals surface area contributed by atoms with Gasteiger partial charge in [-0.25, -0.2) is 4.98 Å². The minimum Gasteiger partial charge on any atom is -0.406 e. The van der Waals surface area contributed by atoms with Gasteiger partial charge in [-0.3, -0.25) is 10.1 Å². The topological polar surface area (TPSA) is 102 Å². The molecule has 0 saturated carbocycles. The monoisotopic (exact) mass is 465 g/mol. The van der Waals surface area contributed by atoms with Gasteiger partial charge < -0.3 is 15.4 Å². The maximum Gasteiger partial charge on any atom is 0.573 e. The van der Waals surface area contributed by atoms with Crippen LogP contribution in [0.4, 0.5) is 40.7 Å². The van der Waals surface area contributed by atoms with E-state index in [1.54, 1.807) is 6.07 Å². The standard InChI is InChI=1S/C21H19F4N5O3/c1-3-12(2)26-20-28-17(13-5-4-6-15(9-13)33-21(23,24)25)11-19(29-20)27-14-7-8-16(22)18(10-14)30(31)32/h4-12H,3H2,1-2H3,(H2,26,27,28,29)/t12-/m0/s1. The number of nitrogens with zero attached hydrogens (tertiary/aromatic N) is 3. The highest BCUT2D eigenvalue weighted by Crippen LogP contribution is 2.30. The van der Waals surface area contributed by atoms with E-state index in [4.69, 9.17) is 0 Å². The number of nitrogens with one attached hydrogen (secondary N) is 2. The number of hydrogen-bond acceptors (Lipinski definition) is 7. The van der Waals surface area contributed by atoms with Crippen LogP contribution in [0.5, 0.6) is 5.75 Å². The largest absolute Gasteiger partial charge is 0.573 e. The van der Waals surface area contributed by atoms with Gasteiger partial charge >= 0.3 is 12.0 Å². The summed E-state index contributed by atoms with van der Waals surface area (Å²) in [6.07, 6.45) is -4.10. The summed E-state index contributed by atoms with van der Waals surface area (Å²) in [4.78, 5) is 18.8. The van der Waals surface area contributed by atoms with Crippen molar-refractivity contribution in [2.45, 2.75) is 32.7 Å². The number of nitro benzene ring substituents is 1. The number of aromatic nitrogens is 2. The van der Waals surface area contributed by atoms with Crippen molar-refractivity contribution in [3.8, 4) is 17.0 Å². The van der Waals surface area contributed by atoms with Crippen molar-refractivity contribution in [1.82, 2.24) is 9.97 Å². The Hall–Kier alpha value is -3.96. The van der Waals surface area contributed by atoms with Gasteiger partial charge in [0.1, 0.15) is 11.6 Å². The molecule has 1 heterocycles. The molecule has 0 aliphatic rings. The molecule has 0 fully saturated rings. The van der Waals surface area contributed by atoms with E-state index in [2.05, 4.69) is 25.3 Å². The molecule has 2 N–H and O–H groups in total. The number of halogens is 4. The normalized spacial score (nSPS) is 12.2. The second-order valence-corrected chi connectivity index (χ2v) is 7.04. The fourth-order valence-electron chi connectivity index (χ4n) is 2.78. The highest BCUT2D eigenvalue weighted by molar-refractivity contribution is 5.69. The fourth-order valence-corrected chi connectivity index (χ4v) is 2.78. The fraction of sp³-hybridized carbons (Fsp3) is 0.238. The molecule has 0 radical (unpaired) electrons. The van der Waals surface area contributed by atoms with Crippen molar-refractivity contribution >= 4 is 23.1 Å². The summed E-state index contributed by atoms with van der Waals surface area (Å²) in [6, 6.07) is 9.95. The van der Waals surface area contributed by atoms with Crippen LogP contribution in [0.1, 0.15) is 20.3 Å². The van der Waals surface area contributed by atoms with E-state index in [9.17, 15) is 27.7 Å². The molecule has 0 unspecified atom stereocenters. The third-order valence-electron chi connectivity index (χ3n) is 4.49. The number of ether oxygens (including phenoxy) is 1. The Morgan fingerprint density at radius 2 is 1.91 bits per heavy atom. The zero-order valence-electron chi connectivity index (χ0n) is 17.5. The van der Waals surface area contributed by atoms with Gasteiger partial charge in [0.05, 0.1) is 10.6 Å². The van der Waals surface area contributed by atoms with Gasteiger partial charge in [0.2, 0.25) is 11.8 Å². The summed E-state index contributed by atoms with van der Waals surface area (Å²) >= 11 is 0. The van der Waals surface area contributed by atoms with Crippen LogP contribution in [-0.4, -0.2) is 27.3 Å². The van der Waals surface area contributed by atoms with Crippen molar-refractivity contribution in [3.63, 3.8) is 0 Å². The maximum absolute atomic E-state index is 13.6. The van der Waals surface area contributed by atoms with Crippen molar-refractivity contribution in [3.05, 3.63) is 64.5 Å². The third-order valence-corrected chi connectivity index (χ3v) is 4.49. The number of benzene rings is 2. The molecule has 0 bridgehead atoms. The van der Waals surface area contributed by atoms with E-state index in [0.717, 1.165) is 24.6 Å². The summed E-state index contributed by atoms with van der Waals surface area (Å²) in [5, 5.41) is 16.9. The molecule has 33 heavy (non-hydrogen) atoms. The van der Waals surface area contributed by atoms with Crippen LogP contribution >= 0.6 is 0 Å². The summed E-state index contributed by atoms with van der Waals surface area (Å²) < 4.78 is 55.4. The number of hydrogen-bond donors (Lipinski definition) is 2. The van der Waals surface area contributed by atoms with Gasteiger partial charge in [0.15, 0.2) is 0 Å². The molecule has 12 heteroatoms. The molecule has 174 valence electrons. The lowest BCUT2D eigenvalue weighted by Crippen LogP contribution is -2.17. The Morgan fingerprint density at radius 1 is 1.15 bits per heavy atom. The molecule has 0 amide bonds. The van der Waals surface area contributed by atoms with Crippen LogP contribution in [0.2, 0.25) is 0 Å². The Bertz CT molecular complexity index is 1160. The molecule has 1 atom stereocenters. The minimum atomic E-state index is -4.85. The maximum atomic E-state index is 13.6. The quantitative estimate of drug-likeness (QED) is 0.237. The summed E-state index contributed by atoms with van der Waals surface area (Å²) in [5.41, 5.74) is 0.0580. The Kier molecular flexibility index (Phi) is 6.95. The molecule has 0 saturated heterocycles. The molecule has 0 aliphatic carbocycles. The average molecular weight is 465 g/mol. The van der Waals surface area contributed by atoms with E-state index in [1.807, 2.05) is 13.8 Å². The van der Waals surface area contributed by atoms with E-state index in [0.29, 0.717) is 5.56 Å². The van der Waals surface area contributed by atoms with Crippen LogP contribution in [0.3, 0.4) is 0 Å². The first kappa shape index (κ1) is 23.7. The van der Waals surface area contributed by atoms with Gasteiger partial charge in [-0.1, -0.05) is 19.1 Å². The lowest BCUT2D eigenvalue weighted by molar-refractivity contribution is -0.387. The zero-order valence-corrected chi connectivity index (χ0v) is 17.5.